The Hall–Kier alpha value is -1.66. The number of hydrogen-bond donors (Lipinski definition) is 0. The summed E-state index contributed by atoms with van der Waals surface area (Å²) < 4.78 is 1.76. The number of amides is 1. The van der Waals surface area contributed by atoms with Crippen LogP contribution in [0.15, 0.2) is 24.5 Å². The maximum absolute atomic E-state index is 12.5. The van der Waals surface area contributed by atoms with E-state index < -0.39 is 0 Å². The van der Waals surface area contributed by atoms with E-state index in [0.717, 1.165) is 25.2 Å². The van der Waals surface area contributed by atoms with Crippen molar-refractivity contribution in [3.05, 3.63) is 34.3 Å². The Bertz CT molecular complexity index is 707. The van der Waals surface area contributed by atoms with Gasteiger partial charge in [0.2, 0.25) is 5.91 Å². The average Bonchev–Trinajstić information content (AvgIpc) is 3.20. The molecule has 2 aliphatic rings. The summed E-state index contributed by atoms with van der Waals surface area (Å²) in [5.41, 5.74) is 0.939. The van der Waals surface area contributed by atoms with Crippen LogP contribution in [-0.2, 0) is 18.4 Å². The standard InChI is InChI=1S/C16H20N4OS/c1-11-3-4-13(22-11)10-19-6-5-14-15(19)7-16(21)20(14)12-8-17-18(2)9-12/h3-4,8-9,14-15H,5-7,10H2,1-2H3/t14-,15-/m1/s1. The number of carbonyl (C=O) groups excluding carboxylic acids is 1. The quantitative estimate of drug-likeness (QED) is 0.871. The SMILES string of the molecule is Cc1ccc(CN2CC[C@@H]3[C@H]2CC(=O)N3c2cnn(C)c2)s1. The van der Waals surface area contributed by atoms with Crippen LogP contribution in [0, 0.1) is 6.92 Å². The lowest BCUT2D eigenvalue weighted by Gasteiger charge is -2.24. The minimum atomic E-state index is 0.232. The van der Waals surface area contributed by atoms with Gasteiger partial charge in [-0.2, -0.15) is 5.10 Å². The average molecular weight is 316 g/mol. The van der Waals surface area contributed by atoms with Gasteiger partial charge in [-0.3, -0.25) is 14.4 Å². The Balaban J connectivity index is 1.54. The maximum atomic E-state index is 12.5. The van der Waals surface area contributed by atoms with Crippen LogP contribution in [0.5, 0.6) is 0 Å². The van der Waals surface area contributed by atoms with Gasteiger partial charge in [0, 0.05) is 48.6 Å². The summed E-state index contributed by atoms with van der Waals surface area (Å²) >= 11 is 1.86. The number of aromatic nitrogens is 2. The van der Waals surface area contributed by atoms with Crippen molar-refractivity contribution < 1.29 is 4.79 Å². The number of nitrogens with zero attached hydrogens (tertiary/aromatic N) is 4. The summed E-state index contributed by atoms with van der Waals surface area (Å²) in [5, 5.41) is 4.21. The molecule has 2 atom stereocenters. The highest BCUT2D eigenvalue weighted by Crippen LogP contribution is 2.36. The summed E-state index contributed by atoms with van der Waals surface area (Å²) in [4.78, 5) is 19.7. The van der Waals surface area contributed by atoms with Gasteiger partial charge < -0.3 is 4.90 Å². The molecule has 116 valence electrons. The highest BCUT2D eigenvalue weighted by atomic mass is 32.1. The van der Waals surface area contributed by atoms with Crippen molar-refractivity contribution >= 4 is 22.9 Å². The summed E-state index contributed by atoms with van der Waals surface area (Å²) in [6, 6.07) is 5.03. The first-order chi connectivity index (χ1) is 10.6. The Labute approximate surface area is 134 Å². The topological polar surface area (TPSA) is 41.4 Å². The summed E-state index contributed by atoms with van der Waals surface area (Å²) in [7, 11) is 1.89. The minimum Gasteiger partial charge on any atom is -0.305 e. The molecule has 2 fully saturated rings. The molecule has 4 rings (SSSR count). The van der Waals surface area contributed by atoms with E-state index in [-0.39, 0.29) is 5.91 Å². The number of fused-ring (bicyclic) bond motifs is 1. The van der Waals surface area contributed by atoms with Crippen molar-refractivity contribution in [1.29, 1.82) is 0 Å². The normalized spacial score (nSPS) is 25.2. The molecule has 6 heteroatoms. The van der Waals surface area contributed by atoms with Crippen molar-refractivity contribution in [2.75, 3.05) is 11.4 Å². The first-order valence-electron chi connectivity index (χ1n) is 7.72. The lowest BCUT2D eigenvalue weighted by Crippen LogP contribution is -2.36. The Morgan fingerprint density at radius 1 is 1.36 bits per heavy atom. The van der Waals surface area contributed by atoms with Crippen molar-refractivity contribution in [2.45, 2.75) is 38.4 Å². The Morgan fingerprint density at radius 3 is 2.91 bits per heavy atom. The van der Waals surface area contributed by atoms with Gasteiger partial charge >= 0.3 is 0 Å². The predicted molar refractivity (Wildman–Crippen MR) is 87.0 cm³/mol. The zero-order valence-electron chi connectivity index (χ0n) is 12.9. The lowest BCUT2D eigenvalue weighted by atomic mass is 10.1. The second kappa shape index (κ2) is 5.21. The number of rotatable bonds is 3. The second-order valence-electron chi connectivity index (χ2n) is 6.25. The number of thiophene rings is 1. The molecule has 4 heterocycles. The molecular formula is C16H20N4OS. The third-order valence-electron chi connectivity index (χ3n) is 4.73. The van der Waals surface area contributed by atoms with Crippen molar-refractivity contribution in [1.82, 2.24) is 14.7 Å². The highest BCUT2D eigenvalue weighted by Gasteiger charge is 2.47. The number of likely N-dealkylation sites (tertiary alicyclic amines) is 1. The summed E-state index contributed by atoms with van der Waals surface area (Å²) in [6.45, 7) is 4.17. The smallest absolute Gasteiger partial charge is 0.229 e. The largest absolute Gasteiger partial charge is 0.305 e. The van der Waals surface area contributed by atoms with Gasteiger partial charge in [0.15, 0.2) is 0 Å². The van der Waals surface area contributed by atoms with Crippen molar-refractivity contribution in [3.8, 4) is 0 Å². The first kappa shape index (κ1) is 14.0. The highest BCUT2D eigenvalue weighted by molar-refractivity contribution is 7.11. The van der Waals surface area contributed by atoms with E-state index in [1.165, 1.54) is 9.75 Å². The maximum Gasteiger partial charge on any atom is 0.229 e. The van der Waals surface area contributed by atoms with E-state index in [9.17, 15) is 4.79 Å². The molecule has 0 N–H and O–H groups in total. The third kappa shape index (κ3) is 2.27. The fourth-order valence-electron chi connectivity index (χ4n) is 3.76. The minimum absolute atomic E-state index is 0.232. The number of carbonyl (C=O) groups is 1. The molecule has 0 aromatic carbocycles. The molecular weight excluding hydrogens is 296 g/mol. The molecule has 0 saturated carbocycles. The van der Waals surface area contributed by atoms with Gasteiger partial charge in [-0.15, -0.1) is 11.3 Å². The molecule has 22 heavy (non-hydrogen) atoms. The van der Waals surface area contributed by atoms with Crippen LogP contribution >= 0.6 is 11.3 Å². The number of aryl methyl sites for hydroxylation is 2. The fourth-order valence-corrected chi connectivity index (χ4v) is 4.68. The summed E-state index contributed by atoms with van der Waals surface area (Å²) in [5.74, 6) is 0.232. The van der Waals surface area contributed by atoms with E-state index in [2.05, 4.69) is 29.1 Å². The third-order valence-corrected chi connectivity index (χ3v) is 5.72. The predicted octanol–water partition coefficient (Wildman–Crippen LogP) is 2.17. The summed E-state index contributed by atoms with van der Waals surface area (Å²) in [6.07, 6.45) is 5.41. The van der Waals surface area contributed by atoms with E-state index in [1.807, 2.05) is 29.5 Å². The van der Waals surface area contributed by atoms with Crippen molar-refractivity contribution in [2.24, 2.45) is 7.05 Å². The first-order valence-corrected chi connectivity index (χ1v) is 8.53. The van der Waals surface area contributed by atoms with Crippen LogP contribution in [0.25, 0.3) is 0 Å². The Kier molecular flexibility index (Phi) is 3.31. The number of hydrogen-bond acceptors (Lipinski definition) is 4. The van der Waals surface area contributed by atoms with Gasteiger partial charge in [0.05, 0.1) is 17.9 Å². The van der Waals surface area contributed by atoms with Gasteiger partial charge in [-0.1, -0.05) is 0 Å². The molecule has 2 aromatic heterocycles. The molecule has 0 bridgehead atoms. The molecule has 5 nitrogen and oxygen atoms in total. The van der Waals surface area contributed by atoms with E-state index in [0.29, 0.717) is 18.5 Å². The van der Waals surface area contributed by atoms with Crippen LogP contribution in [0.3, 0.4) is 0 Å². The van der Waals surface area contributed by atoms with Crippen LogP contribution < -0.4 is 4.90 Å². The molecule has 2 aliphatic heterocycles. The molecule has 0 aliphatic carbocycles. The van der Waals surface area contributed by atoms with Gasteiger partial charge in [-0.25, -0.2) is 0 Å². The molecule has 0 radical (unpaired) electrons. The van der Waals surface area contributed by atoms with E-state index in [4.69, 9.17) is 0 Å². The van der Waals surface area contributed by atoms with E-state index >= 15 is 0 Å². The van der Waals surface area contributed by atoms with Gasteiger partial charge in [0.25, 0.3) is 0 Å². The van der Waals surface area contributed by atoms with Crippen LogP contribution in [-0.4, -0.2) is 39.2 Å². The molecule has 2 aromatic rings. The molecule has 0 unspecified atom stereocenters. The zero-order valence-corrected chi connectivity index (χ0v) is 13.7. The molecule has 0 spiro atoms. The van der Waals surface area contributed by atoms with Crippen molar-refractivity contribution in [3.63, 3.8) is 0 Å². The van der Waals surface area contributed by atoms with Gasteiger partial charge in [-0.05, 0) is 25.5 Å². The van der Waals surface area contributed by atoms with Gasteiger partial charge in [0.1, 0.15) is 0 Å². The van der Waals surface area contributed by atoms with E-state index in [1.54, 1.807) is 10.9 Å². The monoisotopic (exact) mass is 316 g/mol. The Morgan fingerprint density at radius 2 is 2.23 bits per heavy atom. The van der Waals surface area contributed by atoms with Crippen LogP contribution in [0.4, 0.5) is 5.69 Å². The second-order valence-corrected chi connectivity index (χ2v) is 7.62. The van der Waals surface area contributed by atoms with Crippen LogP contribution in [0.2, 0.25) is 0 Å². The lowest BCUT2D eigenvalue weighted by molar-refractivity contribution is -0.117. The van der Waals surface area contributed by atoms with Crippen LogP contribution in [0.1, 0.15) is 22.6 Å². The molecule has 1 amide bonds. The fraction of sp³-hybridized carbons (Fsp3) is 0.500. The molecule has 2 saturated heterocycles. The zero-order chi connectivity index (χ0) is 15.3. The number of anilines is 1.